The Morgan fingerprint density at radius 1 is 1.17 bits per heavy atom. The molecule has 0 amide bonds. The molecule has 98 valence electrons. The molecule has 1 aromatic rings. The third kappa shape index (κ3) is 2.93. The van der Waals surface area contributed by atoms with Crippen LogP contribution in [0.2, 0.25) is 0 Å². The predicted octanol–water partition coefficient (Wildman–Crippen LogP) is 2.65. The molecule has 0 unspecified atom stereocenters. The van der Waals surface area contributed by atoms with E-state index in [1.807, 2.05) is 6.07 Å². The quantitative estimate of drug-likeness (QED) is 0.906. The van der Waals surface area contributed by atoms with Crippen molar-refractivity contribution in [2.45, 2.75) is 19.4 Å². The molecule has 1 N–H and O–H groups in total. The van der Waals surface area contributed by atoms with Gasteiger partial charge in [-0.1, -0.05) is 6.07 Å². The Kier molecular flexibility index (Phi) is 3.96. The molecule has 2 heterocycles. The van der Waals surface area contributed by atoms with E-state index in [2.05, 4.69) is 29.2 Å². The average Bonchev–Trinajstić information content (AvgIpc) is 2.87. The average molecular weight is 265 g/mol. The summed E-state index contributed by atoms with van der Waals surface area (Å²) in [5, 5.41) is 3.56. The second kappa shape index (κ2) is 5.85. The second-order valence-electron chi connectivity index (χ2n) is 4.87. The Labute approximate surface area is 112 Å². The van der Waals surface area contributed by atoms with Crippen LogP contribution in [0.15, 0.2) is 18.2 Å². The van der Waals surface area contributed by atoms with Gasteiger partial charge in [-0.15, -0.1) is 0 Å². The minimum absolute atomic E-state index is 0.353. The van der Waals surface area contributed by atoms with Crippen molar-refractivity contribution in [1.82, 2.24) is 5.32 Å². The number of ether oxygens (including phenoxy) is 2. The summed E-state index contributed by atoms with van der Waals surface area (Å²) in [5.74, 6) is 5.26. The van der Waals surface area contributed by atoms with Gasteiger partial charge in [0, 0.05) is 6.54 Å². The zero-order chi connectivity index (χ0) is 12.2. The zero-order valence-corrected chi connectivity index (χ0v) is 11.3. The smallest absolute Gasteiger partial charge is 0.231 e. The van der Waals surface area contributed by atoms with Crippen LogP contribution in [0.1, 0.15) is 18.4 Å². The van der Waals surface area contributed by atoms with Gasteiger partial charge in [-0.2, -0.15) is 11.8 Å². The summed E-state index contributed by atoms with van der Waals surface area (Å²) >= 11 is 2.08. The lowest BCUT2D eigenvalue weighted by Gasteiger charge is -2.21. The van der Waals surface area contributed by atoms with Gasteiger partial charge in [-0.05, 0) is 54.5 Å². The Morgan fingerprint density at radius 3 is 2.89 bits per heavy atom. The Bertz CT molecular complexity index is 405. The van der Waals surface area contributed by atoms with Gasteiger partial charge < -0.3 is 14.8 Å². The van der Waals surface area contributed by atoms with Crippen molar-refractivity contribution < 1.29 is 9.47 Å². The summed E-state index contributed by atoms with van der Waals surface area (Å²) in [6.07, 6.45) is 2.72. The monoisotopic (exact) mass is 265 g/mol. The van der Waals surface area contributed by atoms with Crippen LogP contribution in [0.3, 0.4) is 0 Å². The Hall–Kier alpha value is -0.870. The van der Waals surface area contributed by atoms with Crippen LogP contribution in [0.4, 0.5) is 0 Å². The van der Waals surface area contributed by atoms with E-state index in [1.54, 1.807) is 0 Å². The number of nitrogens with one attached hydrogen (secondary N) is 1. The van der Waals surface area contributed by atoms with Crippen LogP contribution < -0.4 is 14.8 Å². The SMILES string of the molecule is c1cc2c(cc1CNCC1CCSCC1)OCO2. The van der Waals surface area contributed by atoms with Crippen molar-refractivity contribution in [3.05, 3.63) is 23.8 Å². The van der Waals surface area contributed by atoms with Gasteiger partial charge in [0.05, 0.1) is 0 Å². The predicted molar refractivity (Wildman–Crippen MR) is 74.3 cm³/mol. The van der Waals surface area contributed by atoms with E-state index in [4.69, 9.17) is 9.47 Å². The van der Waals surface area contributed by atoms with Crippen LogP contribution in [0.25, 0.3) is 0 Å². The van der Waals surface area contributed by atoms with E-state index in [0.717, 1.165) is 30.5 Å². The first kappa shape index (κ1) is 12.2. The molecule has 0 saturated carbocycles. The molecular weight excluding hydrogens is 246 g/mol. The lowest BCUT2D eigenvalue weighted by Crippen LogP contribution is -2.25. The van der Waals surface area contributed by atoms with Crippen molar-refractivity contribution in [1.29, 1.82) is 0 Å². The van der Waals surface area contributed by atoms with Crippen LogP contribution in [-0.2, 0) is 6.54 Å². The largest absolute Gasteiger partial charge is 0.454 e. The first-order chi connectivity index (χ1) is 8.92. The van der Waals surface area contributed by atoms with Crippen molar-refractivity contribution in [2.24, 2.45) is 5.92 Å². The van der Waals surface area contributed by atoms with Crippen LogP contribution in [0, 0.1) is 5.92 Å². The molecule has 3 rings (SSSR count). The molecule has 3 nitrogen and oxygen atoms in total. The molecule has 0 bridgehead atoms. The van der Waals surface area contributed by atoms with Gasteiger partial charge in [0.1, 0.15) is 0 Å². The van der Waals surface area contributed by atoms with Gasteiger partial charge in [0.2, 0.25) is 6.79 Å². The molecule has 2 aliphatic rings. The van der Waals surface area contributed by atoms with Crippen molar-refractivity contribution in [2.75, 3.05) is 24.8 Å². The highest BCUT2D eigenvalue weighted by atomic mass is 32.2. The number of hydrogen-bond acceptors (Lipinski definition) is 4. The van der Waals surface area contributed by atoms with Crippen molar-refractivity contribution in [3.63, 3.8) is 0 Å². The molecule has 0 aliphatic carbocycles. The fraction of sp³-hybridized carbons (Fsp3) is 0.571. The van der Waals surface area contributed by atoms with Gasteiger partial charge in [0.15, 0.2) is 11.5 Å². The Morgan fingerprint density at radius 2 is 2.00 bits per heavy atom. The summed E-state index contributed by atoms with van der Waals surface area (Å²) in [4.78, 5) is 0. The lowest BCUT2D eigenvalue weighted by atomic mass is 10.0. The van der Waals surface area contributed by atoms with Crippen molar-refractivity contribution in [3.8, 4) is 11.5 Å². The second-order valence-corrected chi connectivity index (χ2v) is 6.10. The molecule has 1 fully saturated rings. The van der Waals surface area contributed by atoms with Crippen molar-refractivity contribution >= 4 is 11.8 Å². The number of hydrogen-bond donors (Lipinski definition) is 1. The summed E-state index contributed by atoms with van der Waals surface area (Å²) in [5.41, 5.74) is 1.27. The summed E-state index contributed by atoms with van der Waals surface area (Å²) < 4.78 is 10.7. The first-order valence-electron chi connectivity index (χ1n) is 6.59. The highest BCUT2D eigenvalue weighted by molar-refractivity contribution is 7.99. The molecule has 0 radical (unpaired) electrons. The molecule has 0 spiro atoms. The molecule has 2 aliphatic heterocycles. The van der Waals surface area contributed by atoms with Crippen LogP contribution in [0.5, 0.6) is 11.5 Å². The van der Waals surface area contributed by atoms with E-state index in [1.165, 1.54) is 29.9 Å². The van der Waals surface area contributed by atoms with E-state index in [-0.39, 0.29) is 0 Å². The minimum Gasteiger partial charge on any atom is -0.454 e. The van der Waals surface area contributed by atoms with E-state index in [0.29, 0.717) is 6.79 Å². The fourth-order valence-electron chi connectivity index (χ4n) is 2.42. The number of thioether (sulfide) groups is 1. The lowest BCUT2D eigenvalue weighted by molar-refractivity contribution is 0.174. The molecule has 1 saturated heterocycles. The number of rotatable bonds is 4. The maximum Gasteiger partial charge on any atom is 0.231 e. The minimum atomic E-state index is 0.353. The molecule has 0 atom stereocenters. The standard InChI is InChI=1S/C14H19NO2S/c1-2-13-14(17-10-16-13)7-12(1)9-15-8-11-3-5-18-6-4-11/h1-2,7,11,15H,3-6,8-10H2. The summed E-state index contributed by atoms with van der Waals surface area (Å²) in [7, 11) is 0. The molecule has 1 aromatic carbocycles. The third-order valence-corrected chi connectivity index (χ3v) is 4.59. The fourth-order valence-corrected chi connectivity index (χ4v) is 3.63. The topological polar surface area (TPSA) is 30.5 Å². The van der Waals surface area contributed by atoms with E-state index in [9.17, 15) is 0 Å². The van der Waals surface area contributed by atoms with Gasteiger partial charge >= 0.3 is 0 Å². The first-order valence-corrected chi connectivity index (χ1v) is 7.74. The van der Waals surface area contributed by atoms with Gasteiger partial charge in [-0.25, -0.2) is 0 Å². The highest BCUT2D eigenvalue weighted by Gasteiger charge is 2.14. The van der Waals surface area contributed by atoms with Gasteiger partial charge in [0.25, 0.3) is 0 Å². The number of benzene rings is 1. The van der Waals surface area contributed by atoms with Gasteiger partial charge in [-0.3, -0.25) is 0 Å². The molecule has 18 heavy (non-hydrogen) atoms. The van der Waals surface area contributed by atoms with E-state index < -0.39 is 0 Å². The normalized spacial score (nSPS) is 19.1. The van der Waals surface area contributed by atoms with E-state index >= 15 is 0 Å². The maximum absolute atomic E-state index is 5.38. The molecule has 0 aromatic heterocycles. The summed E-state index contributed by atoms with van der Waals surface area (Å²) in [6.45, 7) is 2.40. The molecule has 4 heteroatoms. The van der Waals surface area contributed by atoms with Crippen LogP contribution >= 0.6 is 11.8 Å². The third-order valence-electron chi connectivity index (χ3n) is 3.54. The number of fused-ring (bicyclic) bond motifs is 1. The van der Waals surface area contributed by atoms with Crippen LogP contribution in [-0.4, -0.2) is 24.8 Å². The Balaban J connectivity index is 1.48. The zero-order valence-electron chi connectivity index (χ0n) is 10.5. The highest BCUT2D eigenvalue weighted by Crippen LogP contribution is 2.32. The summed E-state index contributed by atoms with van der Waals surface area (Å²) in [6, 6.07) is 6.18. The maximum atomic E-state index is 5.38. The molecular formula is C14H19NO2S.